The zero-order valence-electron chi connectivity index (χ0n) is 19.8. The molecule has 36 heavy (non-hydrogen) atoms. The number of carbonyl (C=O) groups is 2. The van der Waals surface area contributed by atoms with Crippen LogP contribution in [0.1, 0.15) is 35.6 Å². The first-order valence-corrected chi connectivity index (χ1v) is 12.0. The van der Waals surface area contributed by atoms with Crippen molar-refractivity contribution in [3.8, 4) is 5.75 Å². The van der Waals surface area contributed by atoms with Crippen molar-refractivity contribution >= 4 is 23.5 Å². The smallest absolute Gasteiger partial charge is 0.323 e. The van der Waals surface area contributed by atoms with Crippen molar-refractivity contribution in [1.29, 1.82) is 0 Å². The van der Waals surface area contributed by atoms with Crippen molar-refractivity contribution in [2.24, 2.45) is 0 Å². The van der Waals surface area contributed by atoms with Crippen molar-refractivity contribution in [3.05, 3.63) is 99.6 Å². The number of aliphatic carboxylic acids is 1. The summed E-state index contributed by atoms with van der Waals surface area (Å²) in [5.74, 6) is -2.37. The molecule has 188 valence electrons. The van der Waals surface area contributed by atoms with E-state index in [2.05, 4.69) is 6.92 Å². The number of amides is 1. The number of carboxylic acids is 1. The maximum absolute atomic E-state index is 13.5. The Kier molecular flexibility index (Phi) is 7.59. The molecule has 1 heterocycles. The fraction of sp³-hybridized carbons (Fsp3) is 0.286. The van der Waals surface area contributed by atoms with E-state index in [1.54, 1.807) is 0 Å². The quantitative estimate of drug-likeness (QED) is 0.404. The van der Waals surface area contributed by atoms with E-state index in [-0.39, 0.29) is 18.5 Å². The van der Waals surface area contributed by atoms with Crippen LogP contribution in [0.2, 0.25) is 5.02 Å². The molecule has 4 rings (SSSR count). The van der Waals surface area contributed by atoms with Gasteiger partial charge in [0.1, 0.15) is 29.5 Å². The second-order valence-corrected chi connectivity index (χ2v) is 9.83. The summed E-state index contributed by atoms with van der Waals surface area (Å²) in [6.07, 6.45) is 1.89. The van der Waals surface area contributed by atoms with Gasteiger partial charge in [0.15, 0.2) is 0 Å². The number of rotatable bonds is 9. The second-order valence-electron chi connectivity index (χ2n) is 9.40. The summed E-state index contributed by atoms with van der Waals surface area (Å²) in [5.41, 5.74) is 2.89. The van der Waals surface area contributed by atoms with Crippen LogP contribution in [0.4, 0.5) is 8.78 Å². The topological polar surface area (TPSA) is 66.8 Å². The summed E-state index contributed by atoms with van der Waals surface area (Å²) in [7, 11) is 0. The van der Waals surface area contributed by atoms with Gasteiger partial charge in [0.2, 0.25) is 5.91 Å². The molecule has 1 atom stereocenters. The first kappa shape index (κ1) is 25.6. The number of carbonyl (C=O) groups excluding carboxylic acids is 1. The minimum atomic E-state index is -1.20. The number of ether oxygens (including phenoxy) is 1. The van der Waals surface area contributed by atoms with E-state index >= 15 is 0 Å². The van der Waals surface area contributed by atoms with Gasteiger partial charge >= 0.3 is 5.97 Å². The number of nitrogens with zero attached hydrogens (tertiary/aromatic N) is 1. The zero-order chi connectivity index (χ0) is 25.9. The fourth-order valence-electron chi connectivity index (χ4n) is 4.59. The molecule has 0 radical (unpaired) electrons. The van der Waals surface area contributed by atoms with Crippen LogP contribution in [0.25, 0.3) is 0 Å². The van der Waals surface area contributed by atoms with Crippen LogP contribution in [0.15, 0.2) is 60.7 Å². The number of hydrogen-bond donors (Lipinski definition) is 1. The molecule has 1 aliphatic heterocycles. The van der Waals surface area contributed by atoms with Crippen LogP contribution in [-0.4, -0.2) is 34.0 Å². The van der Waals surface area contributed by atoms with E-state index in [0.29, 0.717) is 17.9 Å². The number of aryl methyl sites for hydroxylation is 1. The number of benzene rings is 3. The molecule has 1 N–H and O–H groups in total. The van der Waals surface area contributed by atoms with E-state index in [4.69, 9.17) is 16.3 Å². The lowest BCUT2D eigenvalue weighted by molar-refractivity contribution is -0.144. The number of hydrogen-bond acceptors (Lipinski definition) is 3. The molecule has 0 bridgehead atoms. The van der Waals surface area contributed by atoms with Gasteiger partial charge in [0.05, 0.1) is 0 Å². The molecular weight excluding hydrogens is 488 g/mol. The summed E-state index contributed by atoms with van der Waals surface area (Å²) < 4.78 is 33.3. The second kappa shape index (κ2) is 10.7. The molecule has 0 unspecified atom stereocenters. The molecule has 3 aromatic rings. The molecule has 0 fully saturated rings. The highest BCUT2D eigenvalue weighted by atomic mass is 35.5. The Hall–Kier alpha value is -3.45. The number of fused-ring (bicyclic) bond motifs is 1. The Bertz CT molecular complexity index is 1260. The van der Waals surface area contributed by atoms with Gasteiger partial charge < -0.3 is 14.7 Å². The van der Waals surface area contributed by atoms with E-state index in [1.807, 2.05) is 42.5 Å². The molecule has 1 amide bonds. The Morgan fingerprint density at radius 3 is 2.33 bits per heavy atom. The third-order valence-electron chi connectivity index (χ3n) is 6.14. The summed E-state index contributed by atoms with van der Waals surface area (Å²) in [4.78, 5) is 25.2. The average Bonchev–Trinajstić information content (AvgIpc) is 3.12. The van der Waals surface area contributed by atoms with Crippen molar-refractivity contribution in [2.75, 3.05) is 6.54 Å². The van der Waals surface area contributed by atoms with E-state index < -0.39 is 35.7 Å². The molecule has 0 aliphatic carbocycles. The Morgan fingerprint density at radius 1 is 1.00 bits per heavy atom. The summed E-state index contributed by atoms with van der Waals surface area (Å²) in [6.45, 7) is 1.31. The normalized spacial score (nSPS) is 16.3. The first-order chi connectivity index (χ1) is 17.1. The van der Waals surface area contributed by atoms with Crippen LogP contribution in [0.5, 0.6) is 5.75 Å². The maximum Gasteiger partial charge on any atom is 0.323 e. The SMILES string of the molecule is C[C@]1(Cc2ccc(Cl)cc2)Cc2cc(CCC(=O)N(CC(=O)O)Cc3cc(F)cc(F)c3)ccc2O1. The molecule has 1 aliphatic rings. The fourth-order valence-corrected chi connectivity index (χ4v) is 4.72. The molecule has 8 heteroatoms. The average molecular weight is 514 g/mol. The van der Waals surface area contributed by atoms with Crippen molar-refractivity contribution < 1.29 is 28.2 Å². The van der Waals surface area contributed by atoms with Crippen molar-refractivity contribution in [2.45, 2.75) is 44.8 Å². The van der Waals surface area contributed by atoms with Crippen LogP contribution in [0, 0.1) is 11.6 Å². The lowest BCUT2D eigenvalue weighted by Crippen LogP contribution is -2.35. The Balaban J connectivity index is 1.39. The van der Waals surface area contributed by atoms with Crippen molar-refractivity contribution in [3.63, 3.8) is 0 Å². The largest absolute Gasteiger partial charge is 0.487 e. The third kappa shape index (κ3) is 6.61. The van der Waals surface area contributed by atoms with Crippen molar-refractivity contribution in [1.82, 2.24) is 4.90 Å². The monoisotopic (exact) mass is 513 g/mol. The molecule has 0 spiro atoms. The first-order valence-electron chi connectivity index (χ1n) is 11.6. The Morgan fingerprint density at radius 2 is 1.67 bits per heavy atom. The molecule has 3 aromatic carbocycles. The van der Waals surface area contributed by atoms with Gasteiger partial charge in [-0.25, -0.2) is 8.78 Å². The highest BCUT2D eigenvalue weighted by molar-refractivity contribution is 6.30. The Labute approximate surface area is 213 Å². The van der Waals surface area contributed by atoms with Crippen LogP contribution >= 0.6 is 11.6 Å². The van der Waals surface area contributed by atoms with E-state index in [0.717, 1.165) is 52.0 Å². The van der Waals surface area contributed by atoms with E-state index in [9.17, 15) is 23.5 Å². The van der Waals surface area contributed by atoms with E-state index in [1.165, 1.54) is 0 Å². The van der Waals surface area contributed by atoms with Gasteiger partial charge in [-0.3, -0.25) is 9.59 Å². The van der Waals surface area contributed by atoms with Crippen LogP contribution in [-0.2, 0) is 35.4 Å². The minimum absolute atomic E-state index is 0.0623. The minimum Gasteiger partial charge on any atom is -0.487 e. The molecule has 5 nitrogen and oxygen atoms in total. The summed E-state index contributed by atoms with van der Waals surface area (Å²) in [6, 6.07) is 16.4. The summed E-state index contributed by atoms with van der Waals surface area (Å²) >= 11 is 5.99. The van der Waals surface area contributed by atoms with Gasteiger partial charge in [-0.2, -0.15) is 0 Å². The molecule has 0 saturated heterocycles. The van der Waals surface area contributed by atoms with Gasteiger partial charge in [0, 0.05) is 36.9 Å². The van der Waals surface area contributed by atoms with Gasteiger partial charge in [0.25, 0.3) is 0 Å². The maximum atomic E-state index is 13.5. The van der Waals surface area contributed by atoms with Gasteiger partial charge in [-0.15, -0.1) is 0 Å². The predicted molar refractivity (Wildman–Crippen MR) is 132 cm³/mol. The third-order valence-corrected chi connectivity index (χ3v) is 6.39. The molecular formula is C28H26ClF2NO4. The standard InChI is InChI=1S/C28H26ClF2NO4/c1-28(14-19-2-6-22(29)7-3-19)15-21-10-18(4-8-25(21)36-28)5-9-26(33)32(17-27(34)35)16-20-11-23(30)13-24(31)12-20/h2-4,6-8,10-13H,5,9,14-17H2,1H3,(H,34,35)/t28-/m0/s1. The molecule has 0 aromatic heterocycles. The summed E-state index contributed by atoms with van der Waals surface area (Å²) in [5, 5.41) is 9.90. The highest BCUT2D eigenvalue weighted by Crippen LogP contribution is 2.37. The number of halogens is 3. The predicted octanol–water partition coefficient (Wildman–Crippen LogP) is 5.60. The van der Waals surface area contributed by atoms with Gasteiger partial charge in [-0.1, -0.05) is 35.9 Å². The highest BCUT2D eigenvalue weighted by Gasteiger charge is 2.35. The lowest BCUT2D eigenvalue weighted by atomic mass is 9.91. The van der Waals surface area contributed by atoms with Gasteiger partial charge in [-0.05, 0) is 65.9 Å². The lowest BCUT2D eigenvalue weighted by Gasteiger charge is -2.24. The zero-order valence-corrected chi connectivity index (χ0v) is 20.5. The van der Waals surface area contributed by atoms with Crippen LogP contribution in [0.3, 0.4) is 0 Å². The number of carboxylic acid groups (broad SMARTS) is 1. The molecule has 0 saturated carbocycles. The van der Waals surface area contributed by atoms with Crippen LogP contribution < -0.4 is 4.74 Å².